The second kappa shape index (κ2) is 11.1. The van der Waals surface area contributed by atoms with Crippen LogP contribution in [-0.4, -0.2) is 77.6 Å². The second-order valence-electron chi connectivity index (χ2n) is 8.31. The monoisotopic (exact) mass is 492 g/mol. The largest absolute Gasteiger partial charge is 0.497 e. The molecule has 35 heavy (non-hydrogen) atoms. The van der Waals surface area contributed by atoms with Gasteiger partial charge in [0, 0.05) is 38.3 Å². The first kappa shape index (κ1) is 25.0. The van der Waals surface area contributed by atoms with E-state index in [2.05, 4.69) is 19.9 Å². The van der Waals surface area contributed by atoms with E-state index in [1.807, 2.05) is 0 Å². The third-order valence-electron chi connectivity index (χ3n) is 5.71. The lowest BCUT2D eigenvalue weighted by atomic mass is 10.1. The molecule has 2 heterocycles. The minimum atomic E-state index is -4.44. The van der Waals surface area contributed by atoms with Crippen LogP contribution in [0.25, 0.3) is 11.5 Å². The first-order valence-corrected chi connectivity index (χ1v) is 11.2. The van der Waals surface area contributed by atoms with Crippen molar-refractivity contribution in [2.75, 3.05) is 46.4 Å². The van der Waals surface area contributed by atoms with Gasteiger partial charge in [-0.2, -0.15) is 18.2 Å². The zero-order valence-corrected chi connectivity index (χ0v) is 19.2. The molecule has 0 saturated carbocycles. The summed E-state index contributed by atoms with van der Waals surface area (Å²) in [6, 6.07) is 12.0. The van der Waals surface area contributed by atoms with Gasteiger partial charge in [0.15, 0.2) is 5.82 Å². The molecule has 1 N–H and O–H groups in total. The van der Waals surface area contributed by atoms with Gasteiger partial charge in [-0.1, -0.05) is 11.2 Å². The van der Waals surface area contributed by atoms with Gasteiger partial charge in [0.2, 0.25) is 0 Å². The summed E-state index contributed by atoms with van der Waals surface area (Å²) in [7, 11) is 1.60. The maximum Gasteiger partial charge on any atom is 0.416 e. The molecule has 1 saturated heterocycles. The van der Waals surface area contributed by atoms with Crippen molar-refractivity contribution in [3.8, 4) is 23.0 Å². The third-order valence-corrected chi connectivity index (χ3v) is 5.71. The zero-order chi connectivity index (χ0) is 24.8. The van der Waals surface area contributed by atoms with Crippen molar-refractivity contribution < 1.29 is 32.3 Å². The summed E-state index contributed by atoms with van der Waals surface area (Å²) >= 11 is 0. The van der Waals surface area contributed by atoms with Crippen molar-refractivity contribution >= 4 is 0 Å². The van der Waals surface area contributed by atoms with E-state index in [4.69, 9.17) is 14.0 Å². The summed E-state index contributed by atoms with van der Waals surface area (Å²) in [5.74, 6) is 1.88. The Hall–Kier alpha value is -3.15. The molecule has 0 aliphatic carbocycles. The molecular formula is C24H27F3N4O4. The number of piperazine rings is 1. The van der Waals surface area contributed by atoms with Gasteiger partial charge in [0.25, 0.3) is 5.89 Å². The molecule has 1 fully saturated rings. The molecule has 0 bridgehead atoms. The molecule has 0 unspecified atom stereocenters. The highest BCUT2D eigenvalue weighted by Gasteiger charge is 2.31. The molecule has 8 nitrogen and oxygen atoms in total. The molecule has 1 aliphatic heterocycles. The number of alkyl halides is 3. The van der Waals surface area contributed by atoms with Gasteiger partial charge in [0.1, 0.15) is 24.2 Å². The number of ether oxygens (including phenoxy) is 2. The molecule has 1 aromatic heterocycles. The van der Waals surface area contributed by atoms with Crippen molar-refractivity contribution in [3.05, 3.63) is 59.9 Å². The van der Waals surface area contributed by atoms with Crippen molar-refractivity contribution in [2.45, 2.75) is 18.8 Å². The number of methoxy groups -OCH3 is 1. The Morgan fingerprint density at radius 3 is 2.40 bits per heavy atom. The van der Waals surface area contributed by atoms with Gasteiger partial charge in [-0.3, -0.25) is 9.80 Å². The van der Waals surface area contributed by atoms with Crippen LogP contribution in [0.5, 0.6) is 11.5 Å². The van der Waals surface area contributed by atoms with Crippen molar-refractivity contribution in [2.24, 2.45) is 0 Å². The molecule has 4 rings (SSSR count). The van der Waals surface area contributed by atoms with E-state index in [1.54, 1.807) is 31.4 Å². The average molecular weight is 492 g/mol. The van der Waals surface area contributed by atoms with Crippen LogP contribution < -0.4 is 9.47 Å². The fraction of sp³-hybridized carbons (Fsp3) is 0.417. The number of aromatic nitrogens is 2. The summed E-state index contributed by atoms with van der Waals surface area (Å²) < 4.78 is 54.8. The molecule has 0 amide bonds. The molecule has 0 spiro atoms. The highest BCUT2D eigenvalue weighted by atomic mass is 19.4. The molecular weight excluding hydrogens is 465 g/mol. The molecule has 0 radical (unpaired) electrons. The van der Waals surface area contributed by atoms with Crippen molar-refractivity contribution in [1.29, 1.82) is 0 Å². The SMILES string of the molecule is COc1ccc(OC[C@H](O)CN2CCN(Cc3noc(-c4cccc(C(F)(F)F)c4)n3)CC2)cc1. The smallest absolute Gasteiger partial charge is 0.416 e. The van der Waals surface area contributed by atoms with E-state index in [9.17, 15) is 18.3 Å². The third kappa shape index (κ3) is 6.93. The maximum absolute atomic E-state index is 13.0. The predicted molar refractivity (Wildman–Crippen MR) is 121 cm³/mol. The first-order valence-electron chi connectivity index (χ1n) is 11.2. The Labute approximate surface area is 200 Å². The summed E-state index contributed by atoms with van der Waals surface area (Å²) in [4.78, 5) is 8.56. The first-order chi connectivity index (χ1) is 16.8. The number of hydrogen-bond donors (Lipinski definition) is 1. The highest BCUT2D eigenvalue weighted by Crippen LogP contribution is 2.31. The topological polar surface area (TPSA) is 84.1 Å². The number of β-amino-alcohol motifs (C(OH)–C–C–N with tert-alkyl or cyclic N) is 1. The van der Waals surface area contributed by atoms with Gasteiger partial charge in [-0.05, 0) is 42.5 Å². The summed E-state index contributed by atoms with van der Waals surface area (Å²) in [6.07, 6.45) is -5.07. The maximum atomic E-state index is 13.0. The van der Waals surface area contributed by atoms with Gasteiger partial charge < -0.3 is 19.1 Å². The summed E-state index contributed by atoms with van der Waals surface area (Å²) in [5.41, 5.74) is -0.531. The van der Waals surface area contributed by atoms with Crippen LogP contribution in [0.3, 0.4) is 0 Å². The lowest BCUT2D eigenvalue weighted by molar-refractivity contribution is -0.137. The Bertz CT molecular complexity index is 1080. The van der Waals surface area contributed by atoms with Crippen LogP contribution in [0.4, 0.5) is 13.2 Å². The van der Waals surface area contributed by atoms with Gasteiger partial charge in [0.05, 0.1) is 19.2 Å². The van der Waals surface area contributed by atoms with Crippen LogP contribution in [0.2, 0.25) is 0 Å². The van der Waals surface area contributed by atoms with E-state index < -0.39 is 17.8 Å². The number of benzene rings is 2. The molecule has 3 aromatic rings. The number of nitrogens with zero attached hydrogens (tertiary/aromatic N) is 4. The summed E-state index contributed by atoms with van der Waals surface area (Å²) in [6.45, 7) is 4.08. The lowest BCUT2D eigenvalue weighted by Crippen LogP contribution is -2.48. The van der Waals surface area contributed by atoms with Crippen molar-refractivity contribution in [1.82, 2.24) is 19.9 Å². The van der Waals surface area contributed by atoms with E-state index in [0.717, 1.165) is 44.1 Å². The zero-order valence-electron chi connectivity index (χ0n) is 19.2. The van der Waals surface area contributed by atoms with Crippen LogP contribution in [0.1, 0.15) is 11.4 Å². The van der Waals surface area contributed by atoms with Gasteiger partial charge in [-0.15, -0.1) is 0 Å². The van der Waals surface area contributed by atoms with E-state index >= 15 is 0 Å². The number of rotatable bonds is 9. The molecule has 1 atom stereocenters. The fourth-order valence-corrected chi connectivity index (χ4v) is 3.81. The molecule has 1 aliphatic rings. The Morgan fingerprint density at radius 2 is 1.71 bits per heavy atom. The quantitative estimate of drug-likeness (QED) is 0.487. The normalized spacial score (nSPS) is 16.3. The minimum Gasteiger partial charge on any atom is -0.497 e. The van der Waals surface area contributed by atoms with E-state index in [-0.39, 0.29) is 18.1 Å². The Morgan fingerprint density at radius 1 is 1.03 bits per heavy atom. The van der Waals surface area contributed by atoms with Crippen LogP contribution in [0, 0.1) is 0 Å². The number of aliphatic hydroxyl groups is 1. The van der Waals surface area contributed by atoms with Gasteiger partial charge in [-0.25, -0.2) is 0 Å². The Kier molecular flexibility index (Phi) is 7.89. The fourth-order valence-electron chi connectivity index (χ4n) is 3.81. The standard InChI is InChI=1S/C24H27F3N4O4/c1-33-20-5-7-21(8-6-20)34-16-19(32)14-30-9-11-31(12-10-30)15-22-28-23(35-29-22)17-3-2-4-18(13-17)24(25,26)27/h2-8,13,19,32H,9-12,14-16H2,1H3/t19-/m1/s1. The van der Waals surface area contributed by atoms with Crippen LogP contribution >= 0.6 is 0 Å². The van der Waals surface area contributed by atoms with E-state index in [0.29, 0.717) is 24.7 Å². The lowest BCUT2D eigenvalue weighted by Gasteiger charge is -2.34. The van der Waals surface area contributed by atoms with E-state index in [1.165, 1.54) is 12.1 Å². The Balaban J connectivity index is 1.21. The minimum absolute atomic E-state index is 0.0599. The molecule has 11 heteroatoms. The van der Waals surface area contributed by atoms with Gasteiger partial charge >= 0.3 is 6.18 Å². The average Bonchev–Trinajstić information content (AvgIpc) is 3.32. The number of aliphatic hydroxyl groups excluding tert-OH is 1. The van der Waals surface area contributed by atoms with Crippen molar-refractivity contribution in [3.63, 3.8) is 0 Å². The van der Waals surface area contributed by atoms with Crippen LogP contribution in [0.15, 0.2) is 53.1 Å². The molecule has 2 aromatic carbocycles. The summed E-state index contributed by atoms with van der Waals surface area (Å²) in [5, 5.41) is 14.3. The number of halogens is 3. The van der Waals surface area contributed by atoms with Crippen LogP contribution in [-0.2, 0) is 12.7 Å². The number of hydrogen-bond acceptors (Lipinski definition) is 8. The second-order valence-corrected chi connectivity index (χ2v) is 8.31. The highest BCUT2D eigenvalue weighted by molar-refractivity contribution is 5.54. The molecule has 188 valence electrons. The predicted octanol–water partition coefficient (Wildman–Crippen LogP) is 3.32.